The zero-order chi connectivity index (χ0) is 14.4. The molecule has 0 aromatic rings. The lowest BCUT2D eigenvalue weighted by Gasteiger charge is -2.26. The van der Waals surface area contributed by atoms with E-state index < -0.39 is 17.5 Å². The third-order valence-corrected chi connectivity index (χ3v) is 2.78. The number of Topliss-reactive ketones (excluding diaryl/α,β-unsaturated/α-hetero) is 1. The number of oxime groups is 1. The molecule has 0 amide bonds. The second-order valence-corrected chi connectivity index (χ2v) is 4.41. The van der Waals surface area contributed by atoms with Crippen LogP contribution in [0.1, 0.15) is 39.5 Å². The van der Waals surface area contributed by atoms with Crippen molar-refractivity contribution in [1.29, 1.82) is 0 Å². The van der Waals surface area contributed by atoms with Crippen LogP contribution in [0.5, 0.6) is 0 Å². The Bertz CT molecular complexity index is 379. The quantitative estimate of drug-likeness (QED) is 0.345. The van der Waals surface area contributed by atoms with Crippen LogP contribution in [-0.4, -0.2) is 40.7 Å². The molecule has 0 unspecified atom stereocenters. The van der Waals surface area contributed by atoms with Crippen LogP contribution in [0.25, 0.3) is 0 Å². The van der Waals surface area contributed by atoms with E-state index in [1.165, 1.54) is 6.92 Å². The lowest BCUT2D eigenvalue weighted by atomic mass is 9.95. The van der Waals surface area contributed by atoms with E-state index in [0.29, 0.717) is 25.7 Å². The average molecular weight is 271 g/mol. The van der Waals surface area contributed by atoms with Gasteiger partial charge in [0.25, 0.3) is 0 Å². The molecule has 0 saturated heterocycles. The molecule has 0 heterocycles. The maximum absolute atomic E-state index is 11.0. The highest BCUT2D eigenvalue weighted by Crippen LogP contribution is 2.23. The molecule has 7 nitrogen and oxygen atoms in total. The highest BCUT2D eigenvalue weighted by Gasteiger charge is 2.25. The van der Waals surface area contributed by atoms with Crippen molar-refractivity contribution in [3.63, 3.8) is 0 Å². The number of ketones is 1. The third-order valence-electron chi connectivity index (χ3n) is 2.78. The van der Waals surface area contributed by atoms with Crippen molar-refractivity contribution in [3.8, 4) is 0 Å². The molecule has 1 fully saturated rings. The summed E-state index contributed by atoms with van der Waals surface area (Å²) in [4.78, 5) is 37.5. The molecule has 7 heteroatoms. The van der Waals surface area contributed by atoms with Gasteiger partial charge in [0.1, 0.15) is 12.2 Å². The normalized spacial score (nSPS) is 23.6. The first kappa shape index (κ1) is 15.1. The SMILES string of the molecule is CC(=O)O[C@H]1CC[C@@H](ON=C(C(C)=O)C(=O)O)CC1. The van der Waals surface area contributed by atoms with E-state index >= 15 is 0 Å². The van der Waals surface area contributed by atoms with Crippen LogP contribution >= 0.6 is 0 Å². The molecule has 0 atom stereocenters. The summed E-state index contributed by atoms with van der Waals surface area (Å²) in [6, 6.07) is 0. The molecular formula is C12H17NO6. The van der Waals surface area contributed by atoms with E-state index in [0.717, 1.165) is 6.92 Å². The van der Waals surface area contributed by atoms with Crippen molar-refractivity contribution < 1.29 is 29.1 Å². The number of esters is 1. The second kappa shape index (κ2) is 6.86. The fraction of sp³-hybridized carbons (Fsp3) is 0.667. The fourth-order valence-corrected chi connectivity index (χ4v) is 1.87. The van der Waals surface area contributed by atoms with E-state index in [1.54, 1.807) is 0 Å². The molecule has 1 aliphatic carbocycles. The summed E-state index contributed by atoms with van der Waals surface area (Å²) in [7, 11) is 0. The molecule has 0 aromatic heterocycles. The number of hydrogen-bond donors (Lipinski definition) is 1. The van der Waals surface area contributed by atoms with Crippen molar-refractivity contribution in [2.45, 2.75) is 51.7 Å². The van der Waals surface area contributed by atoms with Crippen LogP contribution in [0.3, 0.4) is 0 Å². The molecule has 1 N–H and O–H groups in total. The lowest BCUT2D eigenvalue weighted by molar-refractivity contribution is -0.149. The van der Waals surface area contributed by atoms with E-state index in [1.807, 2.05) is 0 Å². The Hall–Kier alpha value is -1.92. The van der Waals surface area contributed by atoms with Crippen molar-refractivity contribution in [2.24, 2.45) is 5.16 Å². The summed E-state index contributed by atoms with van der Waals surface area (Å²) in [5.41, 5.74) is -0.609. The van der Waals surface area contributed by atoms with Crippen LogP contribution in [0.15, 0.2) is 5.16 Å². The van der Waals surface area contributed by atoms with Gasteiger partial charge in [-0.3, -0.25) is 9.59 Å². The molecular weight excluding hydrogens is 254 g/mol. The number of hydrogen-bond acceptors (Lipinski definition) is 6. The van der Waals surface area contributed by atoms with Crippen LogP contribution in [-0.2, 0) is 24.0 Å². The van der Waals surface area contributed by atoms with E-state index in [9.17, 15) is 14.4 Å². The van der Waals surface area contributed by atoms with Gasteiger partial charge in [-0.2, -0.15) is 0 Å². The highest BCUT2D eigenvalue weighted by molar-refractivity contribution is 6.63. The van der Waals surface area contributed by atoms with Crippen molar-refractivity contribution >= 4 is 23.4 Å². The van der Waals surface area contributed by atoms with Crippen molar-refractivity contribution in [3.05, 3.63) is 0 Å². The number of rotatable bonds is 5. The summed E-state index contributed by atoms with van der Waals surface area (Å²) in [6.07, 6.45) is 2.12. The van der Waals surface area contributed by atoms with Gasteiger partial charge >= 0.3 is 11.9 Å². The Labute approximate surface area is 110 Å². The van der Waals surface area contributed by atoms with Gasteiger partial charge in [-0.15, -0.1) is 0 Å². The first-order valence-corrected chi connectivity index (χ1v) is 6.05. The van der Waals surface area contributed by atoms with Gasteiger partial charge in [0.15, 0.2) is 5.78 Å². The summed E-state index contributed by atoms with van der Waals surface area (Å²) >= 11 is 0. The Morgan fingerprint density at radius 1 is 1.05 bits per heavy atom. The minimum atomic E-state index is -1.40. The molecule has 0 radical (unpaired) electrons. The smallest absolute Gasteiger partial charge is 0.361 e. The molecule has 0 spiro atoms. The fourth-order valence-electron chi connectivity index (χ4n) is 1.87. The van der Waals surface area contributed by atoms with Crippen LogP contribution < -0.4 is 0 Å². The van der Waals surface area contributed by atoms with Crippen LogP contribution in [0.2, 0.25) is 0 Å². The first-order chi connectivity index (χ1) is 8.90. The van der Waals surface area contributed by atoms with Gasteiger partial charge in [0.05, 0.1) is 0 Å². The van der Waals surface area contributed by atoms with Crippen molar-refractivity contribution in [1.82, 2.24) is 0 Å². The molecule has 1 rings (SSSR count). The summed E-state index contributed by atoms with van der Waals surface area (Å²) in [6.45, 7) is 2.48. The van der Waals surface area contributed by atoms with Gasteiger partial charge in [-0.1, -0.05) is 5.16 Å². The molecule has 19 heavy (non-hydrogen) atoms. The average Bonchev–Trinajstić information content (AvgIpc) is 2.29. The Balaban J connectivity index is 2.44. The minimum Gasteiger partial charge on any atom is -0.476 e. The number of carboxylic acids is 1. The van der Waals surface area contributed by atoms with Crippen LogP contribution in [0, 0.1) is 0 Å². The van der Waals surface area contributed by atoms with Crippen molar-refractivity contribution in [2.75, 3.05) is 0 Å². The lowest BCUT2D eigenvalue weighted by Crippen LogP contribution is -2.28. The summed E-state index contributed by atoms with van der Waals surface area (Å²) < 4.78 is 5.06. The first-order valence-electron chi connectivity index (χ1n) is 6.05. The van der Waals surface area contributed by atoms with Gasteiger partial charge in [0, 0.05) is 13.8 Å². The maximum atomic E-state index is 11.0. The number of carboxylic acid groups (broad SMARTS) is 1. The number of carbonyl (C=O) groups excluding carboxylic acids is 2. The predicted molar refractivity (Wildman–Crippen MR) is 64.6 cm³/mol. The Morgan fingerprint density at radius 3 is 2.00 bits per heavy atom. The maximum Gasteiger partial charge on any atom is 0.361 e. The molecule has 0 bridgehead atoms. The molecule has 1 saturated carbocycles. The van der Waals surface area contributed by atoms with Crippen LogP contribution in [0.4, 0.5) is 0 Å². The molecule has 1 aliphatic rings. The zero-order valence-electron chi connectivity index (χ0n) is 10.9. The minimum absolute atomic E-state index is 0.118. The van der Waals surface area contributed by atoms with Gasteiger partial charge in [-0.25, -0.2) is 4.79 Å². The predicted octanol–water partition coefficient (Wildman–Crippen LogP) is 0.907. The Morgan fingerprint density at radius 2 is 1.58 bits per heavy atom. The van der Waals surface area contributed by atoms with Gasteiger partial charge in [-0.05, 0) is 25.7 Å². The standard InChI is InChI=1S/C12H17NO6/c1-7(14)11(12(16)17)13-19-10-5-3-9(4-6-10)18-8(2)15/h9-10H,3-6H2,1-2H3,(H,16,17)/t9-,10+. The van der Waals surface area contributed by atoms with E-state index in [4.69, 9.17) is 14.7 Å². The largest absolute Gasteiger partial charge is 0.476 e. The summed E-state index contributed by atoms with van der Waals surface area (Å²) in [5, 5.41) is 12.1. The number of ether oxygens (including phenoxy) is 1. The number of carbonyl (C=O) groups is 3. The molecule has 0 aromatic carbocycles. The summed E-state index contributed by atoms with van der Waals surface area (Å²) in [5.74, 6) is -2.37. The topological polar surface area (TPSA) is 102 Å². The Kier molecular flexibility index (Phi) is 5.47. The molecule has 0 aliphatic heterocycles. The van der Waals surface area contributed by atoms with E-state index in [-0.39, 0.29) is 18.2 Å². The number of nitrogens with zero attached hydrogens (tertiary/aromatic N) is 1. The zero-order valence-corrected chi connectivity index (χ0v) is 10.9. The van der Waals surface area contributed by atoms with Gasteiger partial charge < -0.3 is 14.7 Å². The third kappa shape index (κ3) is 5.07. The van der Waals surface area contributed by atoms with E-state index in [2.05, 4.69) is 5.16 Å². The molecule has 106 valence electrons. The monoisotopic (exact) mass is 271 g/mol. The highest BCUT2D eigenvalue weighted by atomic mass is 16.6. The second-order valence-electron chi connectivity index (χ2n) is 4.41. The van der Waals surface area contributed by atoms with Gasteiger partial charge in [0.2, 0.25) is 5.71 Å². The number of aliphatic carboxylic acids is 1.